The number of allylic oxidation sites excluding steroid dienone is 1. The molecule has 0 fully saturated rings. The van der Waals surface area contributed by atoms with Crippen molar-refractivity contribution < 1.29 is 4.74 Å². The summed E-state index contributed by atoms with van der Waals surface area (Å²) in [6, 6.07) is 0. The number of rotatable bonds is 3. The fraction of sp³-hybridized carbons (Fsp3) is 0.375. The monoisotopic (exact) mass is 139 g/mol. The molecule has 0 atom stereocenters. The molecule has 0 aromatic carbocycles. The highest BCUT2D eigenvalue weighted by Gasteiger charge is 1.91. The van der Waals surface area contributed by atoms with Crippen LogP contribution in [0.3, 0.4) is 0 Å². The maximum absolute atomic E-state index is 4.75. The minimum absolute atomic E-state index is 0.417. The smallest absolute Gasteiger partial charge is 0.205 e. The highest BCUT2D eigenvalue weighted by Crippen LogP contribution is 1.98. The number of aliphatic imine (C=N–C) groups is 1. The molecule has 0 saturated carbocycles. The molecule has 0 aliphatic carbocycles. The van der Waals surface area contributed by atoms with Crippen LogP contribution >= 0.6 is 0 Å². The minimum Gasteiger partial charge on any atom is -0.481 e. The summed E-state index contributed by atoms with van der Waals surface area (Å²) in [7, 11) is 1.54. The Kier molecular flexibility index (Phi) is 3.47. The van der Waals surface area contributed by atoms with Gasteiger partial charge in [0.1, 0.15) is 0 Å². The zero-order valence-electron chi connectivity index (χ0n) is 6.77. The maximum Gasteiger partial charge on any atom is 0.205 e. The summed E-state index contributed by atoms with van der Waals surface area (Å²) in [6.45, 7) is 11.0. The summed E-state index contributed by atoms with van der Waals surface area (Å²) in [5.74, 6) is 0.417. The molecule has 0 amide bonds. The number of methoxy groups -OCH3 is 1. The molecular formula is C8H13NO. The van der Waals surface area contributed by atoms with Crippen LogP contribution in [0.25, 0.3) is 0 Å². The van der Waals surface area contributed by atoms with Gasteiger partial charge in [0.15, 0.2) is 0 Å². The van der Waals surface area contributed by atoms with Gasteiger partial charge in [-0.1, -0.05) is 6.58 Å². The van der Waals surface area contributed by atoms with Crippen molar-refractivity contribution in [3.63, 3.8) is 0 Å². The van der Waals surface area contributed by atoms with Gasteiger partial charge in [-0.05, 0) is 26.0 Å². The molecule has 0 bridgehead atoms. The van der Waals surface area contributed by atoms with E-state index in [4.69, 9.17) is 4.74 Å². The van der Waals surface area contributed by atoms with E-state index in [1.165, 1.54) is 7.11 Å². The summed E-state index contributed by atoms with van der Waals surface area (Å²) >= 11 is 0. The van der Waals surface area contributed by atoms with Crippen LogP contribution < -0.4 is 0 Å². The molecule has 0 heterocycles. The molecule has 2 nitrogen and oxygen atoms in total. The predicted octanol–water partition coefficient (Wildman–Crippen LogP) is 2.14. The first kappa shape index (κ1) is 8.95. The number of ether oxygens (including phenoxy) is 1. The number of nitrogens with zero attached hydrogens (tertiary/aromatic N) is 1. The lowest BCUT2D eigenvalue weighted by molar-refractivity contribution is 0.290. The lowest BCUT2D eigenvalue weighted by Crippen LogP contribution is -1.93. The van der Waals surface area contributed by atoms with Crippen LogP contribution in [0, 0.1) is 0 Å². The van der Waals surface area contributed by atoms with Crippen molar-refractivity contribution in [3.8, 4) is 0 Å². The van der Waals surface area contributed by atoms with Crippen molar-refractivity contribution in [2.45, 2.75) is 13.8 Å². The predicted molar refractivity (Wildman–Crippen MR) is 44.1 cm³/mol. The average Bonchev–Trinajstić information content (AvgIpc) is 1.87. The van der Waals surface area contributed by atoms with Gasteiger partial charge in [0.2, 0.25) is 5.88 Å². The molecule has 0 aliphatic heterocycles. The number of hydrogen-bond acceptors (Lipinski definition) is 2. The van der Waals surface area contributed by atoms with E-state index in [9.17, 15) is 0 Å². The van der Waals surface area contributed by atoms with E-state index in [0.717, 1.165) is 11.3 Å². The van der Waals surface area contributed by atoms with Crippen LogP contribution in [-0.4, -0.2) is 12.8 Å². The molecule has 0 unspecified atom stereocenters. The van der Waals surface area contributed by atoms with E-state index >= 15 is 0 Å². The Morgan fingerprint density at radius 1 is 1.30 bits per heavy atom. The van der Waals surface area contributed by atoms with Crippen LogP contribution in [0.15, 0.2) is 29.6 Å². The first-order valence-corrected chi connectivity index (χ1v) is 3.02. The quantitative estimate of drug-likeness (QED) is 0.433. The first-order valence-electron chi connectivity index (χ1n) is 3.02. The van der Waals surface area contributed by atoms with Gasteiger partial charge in [0.25, 0.3) is 0 Å². The molecule has 10 heavy (non-hydrogen) atoms. The third kappa shape index (κ3) is 3.07. The molecule has 0 aromatic rings. The van der Waals surface area contributed by atoms with Crippen LogP contribution in [-0.2, 0) is 4.74 Å². The Morgan fingerprint density at radius 2 is 1.80 bits per heavy atom. The maximum atomic E-state index is 4.75. The standard InChI is InChI=1S/C8H13NO/c1-6(2)7(3)9-8(4)10-5/h1,4H2,2-3,5H3/b9-7-. The van der Waals surface area contributed by atoms with Crippen molar-refractivity contribution in [2.24, 2.45) is 4.99 Å². The molecular weight excluding hydrogens is 126 g/mol. The Balaban J connectivity index is 4.16. The Labute approximate surface area is 61.9 Å². The average molecular weight is 139 g/mol. The lowest BCUT2D eigenvalue weighted by Gasteiger charge is -1.99. The van der Waals surface area contributed by atoms with E-state index in [0.29, 0.717) is 5.88 Å². The third-order valence-corrected chi connectivity index (χ3v) is 1.15. The summed E-state index contributed by atoms with van der Waals surface area (Å²) in [6.07, 6.45) is 0. The summed E-state index contributed by atoms with van der Waals surface area (Å²) in [5.41, 5.74) is 1.78. The molecule has 0 aliphatic rings. The molecule has 0 N–H and O–H groups in total. The van der Waals surface area contributed by atoms with Crippen LogP contribution in [0.5, 0.6) is 0 Å². The molecule has 0 radical (unpaired) electrons. The van der Waals surface area contributed by atoms with E-state index in [1.807, 2.05) is 13.8 Å². The molecule has 0 aromatic heterocycles. The van der Waals surface area contributed by atoms with Crippen molar-refractivity contribution in [2.75, 3.05) is 7.11 Å². The van der Waals surface area contributed by atoms with Gasteiger partial charge in [0.05, 0.1) is 7.11 Å². The number of hydrogen-bond donors (Lipinski definition) is 0. The highest BCUT2D eigenvalue weighted by molar-refractivity contribution is 5.97. The zero-order chi connectivity index (χ0) is 8.15. The Morgan fingerprint density at radius 3 is 2.10 bits per heavy atom. The van der Waals surface area contributed by atoms with E-state index in [2.05, 4.69) is 18.2 Å². The summed E-state index contributed by atoms with van der Waals surface area (Å²) < 4.78 is 4.75. The third-order valence-electron chi connectivity index (χ3n) is 1.15. The normalized spacial score (nSPS) is 10.9. The van der Waals surface area contributed by atoms with Gasteiger partial charge in [-0.15, -0.1) is 0 Å². The highest BCUT2D eigenvalue weighted by atomic mass is 16.5. The van der Waals surface area contributed by atoms with Crippen LogP contribution in [0.1, 0.15) is 13.8 Å². The minimum atomic E-state index is 0.417. The Hall–Kier alpha value is -1.05. The van der Waals surface area contributed by atoms with Gasteiger partial charge < -0.3 is 4.74 Å². The fourth-order valence-corrected chi connectivity index (χ4v) is 0.328. The van der Waals surface area contributed by atoms with Gasteiger partial charge in [-0.3, -0.25) is 0 Å². The van der Waals surface area contributed by atoms with Gasteiger partial charge in [-0.2, -0.15) is 0 Å². The second-order valence-corrected chi connectivity index (χ2v) is 2.08. The second-order valence-electron chi connectivity index (χ2n) is 2.08. The van der Waals surface area contributed by atoms with Crippen molar-refractivity contribution in [3.05, 3.63) is 24.6 Å². The molecule has 0 spiro atoms. The van der Waals surface area contributed by atoms with Gasteiger partial charge in [0, 0.05) is 5.71 Å². The lowest BCUT2D eigenvalue weighted by atomic mass is 10.2. The first-order chi connectivity index (χ1) is 4.57. The molecule has 56 valence electrons. The molecule has 0 rings (SSSR count). The van der Waals surface area contributed by atoms with Crippen LogP contribution in [0.4, 0.5) is 0 Å². The Bertz CT molecular complexity index is 180. The van der Waals surface area contributed by atoms with Gasteiger partial charge >= 0.3 is 0 Å². The van der Waals surface area contributed by atoms with Crippen molar-refractivity contribution in [1.82, 2.24) is 0 Å². The second kappa shape index (κ2) is 3.88. The SMILES string of the molecule is C=C(/N=C(/C)C(=C)C)OC. The van der Waals surface area contributed by atoms with E-state index in [1.54, 1.807) is 0 Å². The van der Waals surface area contributed by atoms with Crippen molar-refractivity contribution >= 4 is 5.71 Å². The molecule has 2 heteroatoms. The molecule has 0 saturated heterocycles. The summed E-state index contributed by atoms with van der Waals surface area (Å²) in [4.78, 5) is 4.00. The topological polar surface area (TPSA) is 21.6 Å². The fourth-order valence-electron chi connectivity index (χ4n) is 0.328. The van der Waals surface area contributed by atoms with Crippen LogP contribution in [0.2, 0.25) is 0 Å². The largest absolute Gasteiger partial charge is 0.481 e. The van der Waals surface area contributed by atoms with E-state index < -0.39 is 0 Å². The van der Waals surface area contributed by atoms with Gasteiger partial charge in [-0.25, -0.2) is 4.99 Å². The summed E-state index contributed by atoms with van der Waals surface area (Å²) in [5, 5.41) is 0. The zero-order valence-corrected chi connectivity index (χ0v) is 6.77. The van der Waals surface area contributed by atoms with Crippen molar-refractivity contribution in [1.29, 1.82) is 0 Å². The van der Waals surface area contributed by atoms with E-state index in [-0.39, 0.29) is 0 Å².